The average molecular weight is 431 g/mol. The molecule has 1 atom stereocenters. The molecule has 7 heteroatoms. The van der Waals surface area contributed by atoms with E-state index in [0.29, 0.717) is 19.5 Å². The fourth-order valence-corrected chi connectivity index (χ4v) is 3.95. The summed E-state index contributed by atoms with van der Waals surface area (Å²) < 4.78 is 6.07. The summed E-state index contributed by atoms with van der Waals surface area (Å²) in [4.78, 5) is 35.8. The van der Waals surface area contributed by atoms with Crippen molar-refractivity contribution in [2.24, 2.45) is 0 Å². The normalized spacial score (nSPS) is 18.2. The molecule has 0 saturated carbocycles. The van der Waals surface area contributed by atoms with E-state index in [0.717, 1.165) is 16.7 Å². The zero-order chi connectivity index (χ0) is 22.4. The number of hydrogen-bond donors (Lipinski definition) is 1. The Morgan fingerprint density at radius 3 is 2.50 bits per heavy atom. The molecule has 2 amide bonds. The molecule has 0 bridgehead atoms. The number of aromatic nitrogens is 2. The van der Waals surface area contributed by atoms with Gasteiger partial charge in [-0.15, -0.1) is 0 Å². The molecule has 1 aromatic heterocycles. The fraction of sp³-hybridized carbons (Fsp3) is 0.280. The maximum absolute atomic E-state index is 13.1. The van der Waals surface area contributed by atoms with Crippen molar-refractivity contribution in [2.75, 3.05) is 26.2 Å². The molecule has 1 fully saturated rings. The fourth-order valence-electron chi connectivity index (χ4n) is 3.95. The van der Waals surface area contributed by atoms with Crippen molar-refractivity contribution in [3.63, 3.8) is 0 Å². The highest BCUT2D eigenvalue weighted by atomic mass is 16.5. The van der Waals surface area contributed by atoms with Gasteiger partial charge >= 0.3 is 0 Å². The smallest absolute Gasteiger partial charge is 0.274 e. The lowest BCUT2D eigenvalue weighted by molar-refractivity contribution is -0.157. The van der Waals surface area contributed by atoms with Crippen LogP contribution in [0.3, 0.4) is 0 Å². The number of rotatable bonds is 6. The van der Waals surface area contributed by atoms with Crippen LogP contribution in [0.1, 0.15) is 23.0 Å². The second-order valence-corrected chi connectivity index (χ2v) is 7.76. The Bertz CT molecular complexity index is 1060. The van der Waals surface area contributed by atoms with Crippen LogP contribution < -0.4 is 5.32 Å². The summed E-state index contributed by atoms with van der Waals surface area (Å²) in [5, 5.41) is 2.88. The number of morpholine rings is 1. The molecule has 7 nitrogen and oxygen atoms in total. The number of nitrogens with zero attached hydrogens (tertiary/aromatic N) is 3. The monoisotopic (exact) mass is 430 g/mol. The Kier molecular flexibility index (Phi) is 6.56. The molecule has 1 unspecified atom stereocenters. The summed E-state index contributed by atoms with van der Waals surface area (Å²) in [6.45, 7) is 3.16. The molecule has 164 valence electrons. The first-order valence-corrected chi connectivity index (χ1v) is 10.7. The van der Waals surface area contributed by atoms with Crippen molar-refractivity contribution in [1.82, 2.24) is 20.2 Å². The summed E-state index contributed by atoms with van der Waals surface area (Å²) in [6.07, 6.45) is 4.80. The Morgan fingerprint density at radius 1 is 1.06 bits per heavy atom. The summed E-state index contributed by atoms with van der Waals surface area (Å²) >= 11 is 0. The number of hydrogen-bond acceptors (Lipinski definition) is 5. The van der Waals surface area contributed by atoms with Crippen molar-refractivity contribution in [2.45, 2.75) is 18.9 Å². The molecular formula is C25H26N4O3. The van der Waals surface area contributed by atoms with Gasteiger partial charge < -0.3 is 15.0 Å². The zero-order valence-corrected chi connectivity index (χ0v) is 18.0. The maximum Gasteiger partial charge on any atom is 0.274 e. The molecule has 0 aliphatic carbocycles. The topological polar surface area (TPSA) is 84.4 Å². The summed E-state index contributed by atoms with van der Waals surface area (Å²) in [6, 6.07) is 18.2. The van der Waals surface area contributed by atoms with Crippen LogP contribution in [0.15, 0.2) is 73.2 Å². The third kappa shape index (κ3) is 4.68. The van der Waals surface area contributed by atoms with Crippen molar-refractivity contribution in [1.29, 1.82) is 0 Å². The van der Waals surface area contributed by atoms with Crippen LogP contribution in [0.2, 0.25) is 0 Å². The highest BCUT2D eigenvalue weighted by molar-refractivity contribution is 5.93. The van der Waals surface area contributed by atoms with Crippen LogP contribution in [0.5, 0.6) is 0 Å². The highest BCUT2D eigenvalue weighted by Crippen LogP contribution is 2.27. The van der Waals surface area contributed by atoms with Gasteiger partial charge in [-0.25, -0.2) is 4.98 Å². The molecule has 4 rings (SSSR count). The van der Waals surface area contributed by atoms with Gasteiger partial charge in [0.2, 0.25) is 0 Å². The Hall–Kier alpha value is -3.58. The Labute approximate surface area is 187 Å². The third-order valence-corrected chi connectivity index (χ3v) is 5.56. The molecule has 1 N–H and O–H groups in total. The van der Waals surface area contributed by atoms with E-state index in [9.17, 15) is 9.59 Å². The molecular weight excluding hydrogens is 404 g/mol. The van der Waals surface area contributed by atoms with Crippen LogP contribution >= 0.6 is 0 Å². The lowest BCUT2D eigenvalue weighted by Crippen LogP contribution is -2.62. The summed E-state index contributed by atoms with van der Waals surface area (Å²) in [5.41, 5.74) is 2.29. The molecule has 1 aliphatic rings. The third-order valence-electron chi connectivity index (χ3n) is 5.56. The van der Waals surface area contributed by atoms with Gasteiger partial charge in [-0.05, 0) is 23.6 Å². The van der Waals surface area contributed by atoms with Gasteiger partial charge in [0.15, 0.2) is 5.60 Å². The van der Waals surface area contributed by atoms with E-state index < -0.39 is 5.60 Å². The minimum Gasteiger partial charge on any atom is -0.361 e. The molecule has 1 aliphatic heterocycles. The van der Waals surface area contributed by atoms with Crippen molar-refractivity contribution in [3.8, 4) is 11.1 Å². The van der Waals surface area contributed by atoms with E-state index in [1.807, 2.05) is 49.4 Å². The van der Waals surface area contributed by atoms with Crippen LogP contribution in [0.4, 0.5) is 0 Å². The van der Waals surface area contributed by atoms with E-state index in [-0.39, 0.29) is 30.7 Å². The summed E-state index contributed by atoms with van der Waals surface area (Å²) in [7, 11) is 0. The lowest BCUT2D eigenvalue weighted by Gasteiger charge is -2.41. The molecule has 3 aromatic rings. The number of carbonyl (C=O) groups is 2. The minimum atomic E-state index is -1.17. The maximum atomic E-state index is 13.1. The van der Waals surface area contributed by atoms with Crippen LogP contribution in [-0.2, 0) is 16.0 Å². The number of nitrogens with one attached hydrogen (secondary N) is 1. The standard InChI is InChI=1S/C25H26N4O3/c1-2-27-24(31)25(16-19-8-10-21(11-9-19)20-6-4-3-5-7-20)18-29(14-15-32-25)23(30)22-17-26-12-13-28-22/h3-13,17H,2,14-16,18H2,1H3,(H,27,31). The van der Waals surface area contributed by atoms with Gasteiger partial charge in [-0.1, -0.05) is 54.6 Å². The van der Waals surface area contributed by atoms with Crippen molar-refractivity contribution in [3.05, 3.63) is 84.4 Å². The van der Waals surface area contributed by atoms with Gasteiger partial charge in [0, 0.05) is 31.9 Å². The van der Waals surface area contributed by atoms with E-state index in [1.165, 1.54) is 18.6 Å². The quantitative estimate of drug-likeness (QED) is 0.650. The first-order valence-electron chi connectivity index (χ1n) is 10.7. The van der Waals surface area contributed by atoms with Crippen LogP contribution in [-0.4, -0.2) is 58.5 Å². The van der Waals surface area contributed by atoms with E-state index in [4.69, 9.17) is 4.74 Å². The van der Waals surface area contributed by atoms with E-state index in [1.54, 1.807) is 4.90 Å². The summed E-state index contributed by atoms with van der Waals surface area (Å²) in [5.74, 6) is -0.474. The number of benzene rings is 2. The molecule has 0 spiro atoms. The molecule has 0 radical (unpaired) electrons. The largest absolute Gasteiger partial charge is 0.361 e. The predicted octanol–water partition coefficient (Wildman–Crippen LogP) is 2.73. The number of carbonyl (C=O) groups excluding carboxylic acids is 2. The van der Waals surface area contributed by atoms with E-state index >= 15 is 0 Å². The first-order chi connectivity index (χ1) is 15.6. The molecule has 2 aromatic carbocycles. The molecule has 1 saturated heterocycles. The molecule has 32 heavy (non-hydrogen) atoms. The lowest BCUT2D eigenvalue weighted by atomic mass is 9.90. The number of amides is 2. The Morgan fingerprint density at radius 2 is 1.81 bits per heavy atom. The minimum absolute atomic E-state index is 0.147. The van der Waals surface area contributed by atoms with Crippen molar-refractivity contribution >= 4 is 11.8 Å². The van der Waals surface area contributed by atoms with Gasteiger partial charge in [0.1, 0.15) is 5.69 Å². The first kappa shape index (κ1) is 21.6. The van der Waals surface area contributed by atoms with E-state index in [2.05, 4.69) is 27.4 Å². The second-order valence-electron chi connectivity index (χ2n) is 7.76. The van der Waals surface area contributed by atoms with Crippen molar-refractivity contribution < 1.29 is 14.3 Å². The predicted molar refractivity (Wildman–Crippen MR) is 121 cm³/mol. The van der Waals surface area contributed by atoms with Gasteiger partial charge in [-0.2, -0.15) is 0 Å². The zero-order valence-electron chi connectivity index (χ0n) is 18.0. The highest BCUT2D eigenvalue weighted by Gasteiger charge is 2.45. The average Bonchev–Trinajstić information content (AvgIpc) is 2.85. The number of ether oxygens (including phenoxy) is 1. The van der Waals surface area contributed by atoms with Crippen LogP contribution in [0.25, 0.3) is 11.1 Å². The number of likely N-dealkylation sites (N-methyl/N-ethyl adjacent to an activating group) is 1. The van der Waals surface area contributed by atoms with Gasteiger partial charge in [-0.3, -0.25) is 14.6 Å². The SMILES string of the molecule is CCNC(=O)C1(Cc2ccc(-c3ccccc3)cc2)CN(C(=O)c2cnccn2)CCO1. The van der Waals surface area contributed by atoms with Gasteiger partial charge in [0.25, 0.3) is 11.8 Å². The van der Waals surface area contributed by atoms with Crippen LogP contribution in [0, 0.1) is 0 Å². The second kappa shape index (κ2) is 9.70. The Balaban J connectivity index is 1.57. The molecule has 2 heterocycles. The van der Waals surface area contributed by atoms with Gasteiger partial charge in [0.05, 0.1) is 19.3 Å².